The molecule has 1 atom stereocenters. The lowest BCUT2D eigenvalue weighted by Gasteiger charge is -2.18. The molecule has 0 amide bonds. The quantitative estimate of drug-likeness (QED) is 0.519. The van der Waals surface area contributed by atoms with Gasteiger partial charge in [0.1, 0.15) is 0 Å². The van der Waals surface area contributed by atoms with Crippen molar-refractivity contribution in [1.29, 1.82) is 0 Å². The van der Waals surface area contributed by atoms with Gasteiger partial charge in [0, 0.05) is 11.6 Å². The van der Waals surface area contributed by atoms with E-state index in [0.29, 0.717) is 0 Å². The van der Waals surface area contributed by atoms with E-state index < -0.39 is 17.2 Å². The van der Waals surface area contributed by atoms with E-state index in [1.54, 1.807) is 13.8 Å². The summed E-state index contributed by atoms with van der Waals surface area (Å²) >= 11 is 0. The van der Waals surface area contributed by atoms with Crippen LogP contribution in [0.5, 0.6) is 0 Å². The molecular formula is C9H12F2N2. The van der Waals surface area contributed by atoms with Crippen molar-refractivity contribution in [1.82, 2.24) is 0 Å². The molecule has 0 saturated carbocycles. The molecule has 1 aliphatic rings. The minimum atomic E-state index is -1.91. The highest BCUT2D eigenvalue weighted by molar-refractivity contribution is 5.76. The van der Waals surface area contributed by atoms with Gasteiger partial charge in [0.2, 0.25) is 11.7 Å². The minimum Gasteiger partial charge on any atom is -0.252 e. The maximum absolute atomic E-state index is 13.3. The van der Waals surface area contributed by atoms with E-state index in [1.165, 1.54) is 19.2 Å². The summed E-state index contributed by atoms with van der Waals surface area (Å²) < 4.78 is 26.2. The van der Waals surface area contributed by atoms with E-state index in [4.69, 9.17) is 0 Å². The molecule has 0 fully saturated rings. The van der Waals surface area contributed by atoms with Crippen molar-refractivity contribution in [3.8, 4) is 0 Å². The predicted octanol–water partition coefficient (Wildman–Crippen LogP) is 2.66. The Morgan fingerprint density at radius 3 is 2.46 bits per heavy atom. The first-order valence-electron chi connectivity index (χ1n) is 4.00. The van der Waals surface area contributed by atoms with Gasteiger partial charge in [0.05, 0.1) is 6.21 Å². The van der Waals surface area contributed by atoms with Crippen molar-refractivity contribution >= 4 is 12.4 Å². The SMILES string of the molecule is CC1(C)/C=N\C(C)(F)/C=N\C(F)=C/1. The molecule has 0 aromatic carbocycles. The van der Waals surface area contributed by atoms with E-state index in [1.807, 2.05) is 0 Å². The van der Waals surface area contributed by atoms with Crippen LogP contribution in [-0.4, -0.2) is 18.2 Å². The Bertz CT molecular complexity index is 288. The number of hydrogen-bond acceptors (Lipinski definition) is 2. The van der Waals surface area contributed by atoms with Gasteiger partial charge in [-0.3, -0.25) is 4.99 Å². The fraction of sp³-hybridized carbons (Fsp3) is 0.556. The number of nitrogens with zero attached hydrogens (tertiary/aromatic N) is 2. The van der Waals surface area contributed by atoms with Crippen molar-refractivity contribution in [2.75, 3.05) is 0 Å². The average Bonchev–Trinajstić information content (AvgIpc) is 1.96. The molecule has 0 radical (unpaired) electrons. The highest BCUT2D eigenvalue weighted by Crippen LogP contribution is 2.22. The topological polar surface area (TPSA) is 24.7 Å². The van der Waals surface area contributed by atoms with Crippen LogP contribution >= 0.6 is 0 Å². The lowest BCUT2D eigenvalue weighted by atomic mass is 9.95. The largest absolute Gasteiger partial charge is 0.252 e. The Morgan fingerprint density at radius 1 is 1.23 bits per heavy atom. The molecule has 0 bridgehead atoms. The maximum Gasteiger partial charge on any atom is 0.232 e. The molecule has 13 heavy (non-hydrogen) atoms. The normalized spacial score (nSPS) is 41.2. The molecule has 0 aliphatic carbocycles. The summed E-state index contributed by atoms with van der Waals surface area (Å²) in [5.74, 6) is -2.59. The monoisotopic (exact) mass is 186 g/mol. The highest BCUT2D eigenvalue weighted by atomic mass is 19.1. The Balaban J connectivity index is 3.10. The van der Waals surface area contributed by atoms with Gasteiger partial charge in [-0.05, 0) is 13.0 Å². The van der Waals surface area contributed by atoms with Gasteiger partial charge in [0.15, 0.2) is 0 Å². The number of rotatable bonds is 0. The first kappa shape index (κ1) is 10.0. The Morgan fingerprint density at radius 2 is 1.85 bits per heavy atom. The Labute approximate surface area is 76.1 Å². The van der Waals surface area contributed by atoms with Crippen LogP contribution in [0.25, 0.3) is 0 Å². The second-order valence-corrected chi connectivity index (χ2v) is 3.83. The van der Waals surface area contributed by atoms with Crippen molar-refractivity contribution in [3.63, 3.8) is 0 Å². The summed E-state index contributed by atoms with van der Waals surface area (Å²) in [6.45, 7) is 4.68. The molecule has 0 aromatic rings. The zero-order chi connectivity index (χ0) is 10.1. The fourth-order valence-corrected chi connectivity index (χ4v) is 0.887. The molecule has 1 heterocycles. The van der Waals surface area contributed by atoms with E-state index in [-0.39, 0.29) is 0 Å². The van der Waals surface area contributed by atoms with Crippen LogP contribution in [0, 0.1) is 5.41 Å². The zero-order valence-corrected chi connectivity index (χ0v) is 7.88. The Hall–Kier alpha value is -1.06. The summed E-state index contributed by atoms with van der Waals surface area (Å²) in [6.07, 6.45) is 3.53. The third-order valence-corrected chi connectivity index (χ3v) is 1.56. The molecule has 0 saturated heterocycles. The third-order valence-electron chi connectivity index (χ3n) is 1.56. The standard InChI is InChI=1S/C9H12F2N2/c1-8(2)4-7(10)12-6-9(3,11)13-5-8/h4-6H,1-3H3/b7-4-,12-6-,13-5-. The van der Waals surface area contributed by atoms with Gasteiger partial charge in [-0.2, -0.15) is 4.39 Å². The number of hydrogen-bond donors (Lipinski definition) is 0. The van der Waals surface area contributed by atoms with Crippen LogP contribution in [0.4, 0.5) is 8.78 Å². The maximum atomic E-state index is 13.3. The van der Waals surface area contributed by atoms with Crippen LogP contribution < -0.4 is 0 Å². The van der Waals surface area contributed by atoms with Gasteiger partial charge in [-0.1, -0.05) is 13.8 Å². The van der Waals surface area contributed by atoms with Crippen LogP contribution in [-0.2, 0) is 0 Å². The summed E-state index contributed by atoms with van der Waals surface area (Å²) in [6, 6.07) is 0. The second-order valence-electron chi connectivity index (χ2n) is 3.83. The molecule has 1 unspecified atom stereocenters. The smallest absolute Gasteiger partial charge is 0.232 e. The van der Waals surface area contributed by atoms with Crippen molar-refractivity contribution < 1.29 is 8.78 Å². The van der Waals surface area contributed by atoms with Crippen LogP contribution in [0.1, 0.15) is 20.8 Å². The van der Waals surface area contributed by atoms with Crippen molar-refractivity contribution in [2.24, 2.45) is 15.4 Å². The zero-order valence-electron chi connectivity index (χ0n) is 7.88. The molecular weight excluding hydrogens is 174 g/mol. The van der Waals surface area contributed by atoms with Crippen LogP contribution in [0.3, 0.4) is 0 Å². The lowest BCUT2D eigenvalue weighted by molar-refractivity contribution is 0.303. The van der Waals surface area contributed by atoms with Crippen molar-refractivity contribution in [3.05, 3.63) is 12.0 Å². The summed E-state index contributed by atoms with van der Waals surface area (Å²) in [7, 11) is 0. The Kier molecular flexibility index (Phi) is 2.32. The predicted molar refractivity (Wildman–Crippen MR) is 49.5 cm³/mol. The molecule has 0 N–H and O–H groups in total. The van der Waals surface area contributed by atoms with Crippen molar-refractivity contribution in [2.45, 2.75) is 26.6 Å². The molecule has 1 aliphatic heterocycles. The number of allylic oxidation sites excluding steroid dienone is 1. The molecule has 1 rings (SSSR count). The first-order valence-corrected chi connectivity index (χ1v) is 4.00. The molecule has 0 aromatic heterocycles. The minimum absolute atomic E-state index is 0.602. The lowest BCUT2D eigenvalue weighted by Crippen LogP contribution is -2.22. The summed E-state index contributed by atoms with van der Waals surface area (Å²) in [4.78, 5) is 6.96. The summed E-state index contributed by atoms with van der Waals surface area (Å²) in [5, 5.41) is 0. The molecule has 72 valence electrons. The highest BCUT2D eigenvalue weighted by Gasteiger charge is 2.23. The number of halogens is 2. The average molecular weight is 186 g/mol. The van der Waals surface area contributed by atoms with Gasteiger partial charge >= 0.3 is 0 Å². The van der Waals surface area contributed by atoms with Gasteiger partial charge < -0.3 is 0 Å². The van der Waals surface area contributed by atoms with E-state index in [2.05, 4.69) is 9.98 Å². The van der Waals surface area contributed by atoms with Gasteiger partial charge in [-0.15, -0.1) is 0 Å². The second kappa shape index (κ2) is 3.01. The molecule has 2 nitrogen and oxygen atoms in total. The fourth-order valence-electron chi connectivity index (χ4n) is 0.887. The van der Waals surface area contributed by atoms with Gasteiger partial charge in [-0.25, -0.2) is 9.38 Å². The van der Waals surface area contributed by atoms with Crippen LogP contribution in [0.15, 0.2) is 22.0 Å². The van der Waals surface area contributed by atoms with E-state index in [0.717, 1.165) is 6.21 Å². The first-order chi connectivity index (χ1) is 5.81. The molecule has 0 spiro atoms. The third kappa shape index (κ3) is 3.05. The summed E-state index contributed by atoms with van der Waals surface area (Å²) in [5.41, 5.74) is -0.602. The van der Waals surface area contributed by atoms with Gasteiger partial charge in [0.25, 0.3) is 0 Å². The molecule has 4 heteroatoms. The van der Waals surface area contributed by atoms with E-state index in [9.17, 15) is 8.78 Å². The van der Waals surface area contributed by atoms with Crippen LogP contribution in [0.2, 0.25) is 0 Å². The number of alkyl halides is 1. The van der Waals surface area contributed by atoms with E-state index >= 15 is 0 Å². The number of aliphatic imine (C=N–C) groups is 2.